The van der Waals surface area contributed by atoms with E-state index in [-0.39, 0.29) is 11.8 Å². The molecule has 0 aliphatic rings. The molecule has 1 aromatic carbocycles. The highest BCUT2D eigenvalue weighted by Crippen LogP contribution is 2.33. The number of rotatable bonds is 6. The van der Waals surface area contributed by atoms with Crippen LogP contribution in [0.15, 0.2) is 29.6 Å². The Labute approximate surface area is 127 Å². The summed E-state index contributed by atoms with van der Waals surface area (Å²) in [5.74, 6) is 0.508. The first-order valence-corrected chi connectivity index (χ1v) is 7.57. The van der Waals surface area contributed by atoms with Gasteiger partial charge in [-0.05, 0) is 19.0 Å². The van der Waals surface area contributed by atoms with Crippen molar-refractivity contribution in [2.75, 3.05) is 7.05 Å². The molecule has 0 bridgehead atoms. The molecule has 0 spiro atoms. The monoisotopic (exact) mass is 312 g/mol. The van der Waals surface area contributed by atoms with Crippen molar-refractivity contribution in [2.45, 2.75) is 32.4 Å². The standard InChI is InChI=1S/C15H18F2N2OS/c1-9(2)11-8-21-14(19-11)13(18-3)10-6-4-5-7-12(10)20-15(16)17/h4-9,13,15,18H,1-3H3. The predicted octanol–water partition coefficient (Wildman–Crippen LogP) is 4.18. The molecular weight excluding hydrogens is 294 g/mol. The Balaban J connectivity index is 2.36. The van der Waals surface area contributed by atoms with E-state index in [9.17, 15) is 8.78 Å². The largest absolute Gasteiger partial charge is 0.434 e. The van der Waals surface area contributed by atoms with Gasteiger partial charge in [0.2, 0.25) is 0 Å². The highest BCUT2D eigenvalue weighted by molar-refractivity contribution is 7.09. The van der Waals surface area contributed by atoms with Crippen molar-refractivity contribution in [1.29, 1.82) is 0 Å². The van der Waals surface area contributed by atoms with E-state index >= 15 is 0 Å². The molecule has 1 aromatic heterocycles. The van der Waals surface area contributed by atoms with Crippen LogP contribution < -0.4 is 10.1 Å². The normalized spacial score (nSPS) is 12.9. The van der Waals surface area contributed by atoms with Gasteiger partial charge in [0, 0.05) is 10.9 Å². The van der Waals surface area contributed by atoms with Gasteiger partial charge in [0.25, 0.3) is 0 Å². The smallest absolute Gasteiger partial charge is 0.387 e. The quantitative estimate of drug-likeness (QED) is 0.869. The van der Waals surface area contributed by atoms with Crippen molar-refractivity contribution in [3.05, 3.63) is 45.9 Å². The summed E-state index contributed by atoms with van der Waals surface area (Å²) in [4.78, 5) is 4.59. The number of benzene rings is 1. The van der Waals surface area contributed by atoms with Crippen LogP contribution in [0.3, 0.4) is 0 Å². The molecule has 0 fully saturated rings. The number of para-hydroxylation sites is 1. The van der Waals surface area contributed by atoms with Crippen molar-refractivity contribution in [3.8, 4) is 5.75 Å². The Morgan fingerprint density at radius 2 is 1.95 bits per heavy atom. The summed E-state index contributed by atoms with van der Waals surface area (Å²) in [5, 5.41) is 5.96. The van der Waals surface area contributed by atoms with Gasteiger partial charge in [0.05, 0.1) is 11.7 Å². The third-order valence-corrected chi connectivity index (χ3v) is 4.04. The van der Waals surface area contributed by atoms with E-state index in [1.54, 1.807) is 31.3 Å². The maximum absolute atomic E-state index is 12.5. The van der Waals surface area contributed by atoms with E-state index < -0.39 is 6.61 Å². The van der Waals surface area contributed by atoms with Gasteiger partial charge in [-0.1, -0.05) is 32.0 Å². The number of hydrogen-bond acceptors (Lipinski definition) is 4. The summed E-state index contributed by atoms with van der Waals surface area (Å²) in [6, 6.07) is 6.53. The fraction of sp³-hybridized carbons (Fsp3) is 0.400. The number of halogens is 2. The minimum atomic E-state index is -2.84. The molecule has 0 amide bonds. The van der Waals surface area contributed by atoms with Crippen LogP contribution in [-0.4, -0.2) is 18.6 Å². The number of aromatic nitrogens is 1. The molecule has 2 aromatic rings. The fourth-order valence-electron chi connectivity index (χ4n) is 2.03. The van der Waals surface area contributed by atoms with E-state index in [4.69, 9.17) is 0 Å². The second-order valence-corrected chi connectivity index (χ2v) is 5.79. The van der Waals surface area contributed by atoms with Crippen LogP contribution >= 0.6 is 11.3 Å². The first-order valence-electron chi connectivity index (χ1n) is 6.69. The van der Waals surface area contributed by atoms with E-state index in [1.165, 1.54) is 11.3 Å². The summed E-state index contributed by atoms with van der Waals surface area (Å²) in [7, 11) is 1.78. The van der Waals surface area contributed by atoms with Crippen molar-refractivity contribution in [2.24, 2.45) is 0 Å². The zero-order valence-electron chi connectivity index (χ0n) is 12.1. The molecule has 0 aliphatic carbocycles. The summed E-state index contributed by atoms with van der Waals surface area (Å²) < 4.78 is 29.7. The lowest BCUT2D eigenvalue weighted by molar-refractivity contribution is -0.0506. The van der Waals surface area contributed by atoms with E-state index in [2.05, 4.69) is 28.9 Å². The lowest BCUT2D eigenvalue weighted by atomic mass is 10.1. The molecule has 0 saturated heterocycles. The second kappa shape index (κ2) is 6.95. The highest BCUT2D eigenvalue weighted by atomic mass is 32.1. The van der Waals surface area contributed by atoms with Crippen LogP contribution in [0, 0.1) is 0 Å². The zero-order chi connectivity index (χ0) is 15.4. The van der Waals surface area contributed by atoms with Crippen LogP contribution in [0.25, 0.3) is 0 Å². The zero-order valence-corrected chi connectivity index (χ0v) is 13.0. The average molecular weight is 312 g/mol. The van der Waals surface area contributed by atoms with Gasteiger partial charge in [0.1, 0.15) is 10.8 Å². The van der Waals surface area contributed by atoms with Crippen LogP contribution in [0.1, 0.15) is 42.1 Å². The van der Waals surface area contributed by atoms with Crippen molar-refractivity contribution >= 4 is 11.3 Å². The maximum Gasteiger partial charge on any atom is 0.387 e. The second-order valence-electron chi connectivity index (χ2n) is 4.90. The van der Waals surface area contributed by atoms with Crippen LogP contribution in [0.4, 0.5) is 8.78 Å². The SMILES string of the molecule is CNC(c1nc(C(C)C)cs1)c1ccccc1OC(F)F. The molecule has 1 heterocycles. The van der Waals surface area contributed by atoms with E-state index in [0.29, 0.717) is 11.5 Å². The van der Waals surface area contributed by atoms with Crippen molar-refractivity contribution in [1.82, 2.24) is 10.3 Å². The third kappa shape index (κ3) is 3.77. The van der Waals surface area contributed by atoms with Crippen LogP contribution in [-0.2, 0) is 0 Å². The molecule has 6 heteroatoms. The molecule has 1 unspecified atom stereocenters. The van der Waals surface area contributed by atoms with Gasteiger partial charge in [-0.25, -0.2) is 4.98 Å². The van der Waals surface area contributed by atoms with Gasteiger partial charge < -0.3 is 10.1 Å². The van der Waals surface area contributed by atoms with Gasteiger partial charge >= 0.3 is 6.61 Å². The summed E-state index contributed by atoms with van der Waals surface area (Å²) in [6.45, 7) is 1.30. The predicted molar refractivity (Wildman–Crippen MR) is 80.2 cm³/mol. The number of hydrogen-bond donors (Lipinski definition) is 1. The van der Waals surface area contributed by atoms with Gasteiger partial charge in [-0.3, -0.25) is 0 Å². The molecule has 1 N–H and O–H groups in total. The number of ether oxygens (including phenoxy) is 1. The van der Waals surface area contributed by atoms with Gasteiger partial charge in [-0.2, -0.15) is 8.78 Å². The molecule has 0 saturated carbocycles. The molecule has 3 nitrogen and oxygen atoms in total. The summed E-state index contributed by atoms with van der Waals surface area (Å²) in [5.41, 5.74) is 1.66. The molecule has 0 radical (unpaired) electrons. The topological polar surface area (TPSA) is 34.2 Å². The Morgan fingerprint density at radius 1 is 1.24 bits per heavy atom. The molecular formula is C15H18F2N2OS. The molecule has 21 heavy (non-hydrogen) atoms. The van der Waals surface area contributed by atoms with E-state index in [1.807, 2.05) is 5.38 Å². The maximum atomic E-state index is 12.5. The summed E-state index contributed by atoms with van der Waals surface area (Å²) >= 11 is 1.52. The minimum absolute atomic E-state index is 0.174. The van der Waals surface area contributed by atoms with Crippen LogP contribution in [0.5, 0.6) is 5.75 Å². The average Bonchev–Trinajstić information content (AvgIpc) is 2.91. The first kappa shape index (κ1) is 15.9. The lowest BCUT2D eigenvalue weighted by Crippen LogP contribution is -2.19. The first-order chi connectivity index (χ1) is 10.0. The Kier molecular flexibility index (Phi) is 5.25. The molecule has 0 aliphatic heterocycles. The third-order valence-electron chi connectivity index (χ3n) is 3.11. The molecule has 114 valence electrons. The Hall–Kier alpha value is -1.53. The minimum Gasteiger partial charge on any atom is -0.434 e. The number of nitrogens with one attached hydrogen (secondary N) is 1. The van der Waals surface area contributed by atoms with Crippen molar-refractivity contribution in [3.63, 3.8) is 0 Å². The fourth-order valence-corrected chi connectivity index (χ4v) is 3.14. The summed E-state index contributed by atoms with van der Waals surface area (Å²) in [6.07, 6.45) is 0. The number of thiazole rings is 1. The number of alkyl halides is 2. The van der Waals surface area contributed by atoms with Crippen molar-refractivity contribution < 1.29 is 13.5 Å². The Morgan fingerprint density at radius 3 is 2.52 bits per heavy atom. The van der Waals surface area contributed by atoms with Gasteiger partial charge in [0.15, 0.2) is 0 Å². The number of nitrogens with zero attached hydrogens (tertiary/aromatic N) is 1. The highest BCUT2D eigenvalue weighted by Gasteiger charge is 2.21. The lowest BCUT2D eigenvalue weighted by Gasteiger charge is -2.18. The molecule has 2 rings (SSSR count). The Bertz CT molecular complexity index is 587. The van der Waals surface area contributed by atoms with E-state index in [0.717, 1.165) is 10.7 Å². The van der Waals surface area contributed by atoms with Gasteiger partial charge in [-0.15, -0.1) is 11.3 Å². The molecule has 1 atom stereocenters. The van der Waals surface area contributed by atoms with Crippen LogP contribution in [0.2, 0.25) is 0 Å².